The number of aldehydes is 1. The highest BCUT2D eigenvalue weighted by atomic mass is 32.1. The summed E-state index contributed by atoms with van der Waals surface area (Å²) in [4.78, 5) is 23.4. The van der Waals surface area contributed by atoms with Crippen LogP contribution in [0.4, 0.5) is 0 Å². The average molecular weight is 617 g/mol. The van der Waals surface area contributed by atoms with E-state index >= 15 is 0 Å². The Kier molecular flexibility index (Phi) is 8.96. The molecule has 1 aromatic heterocycles. The van der Waals surface area contributed by atoms with Crippen LogP contribution in [-0.2, 0) is 21.7 Å². The molecule has 4 aromatic carbocycles. The molecule has 0 saturated heterocycles. The van der Waals surface area contributed by atoms with Crippen molar-refractivity contribution in [2.75, 3.05) is 14.2 Å². The molecular weight excluding hydrogens is 592 g/mol. The third-order valence-corrected chi connectivity index (χ3v) is 7.67. The van der Waals surface area contributed by atoms with Gasteiger partial charge in [-0.25, -0.2) is 4.79 Å². The van der Waals surface area contributed by atoms with Crippen LogP contribution in [0.25, 0.3) is 16.6 Å². The Hall–Kier alpha value is -5.88. The lowest BCUT2D eigenvalue weighted by Gasteiger charge is -2.26. The lowest BCUT2D eigenvalue weighted by molar-refractivity contribution is -0.185. The highest BCUT2D eigenvalue weighted by Crippen LogP contribution is 2.46. The quantitative estimate of drug-likeness (QED) is 0.187. The fourth-order valence-corrected chi connectivity index (χ4v) is 5.31. The average Bonchev–Trinajstić information content (AvgIpc) is 3.66. The zero-order chi connectivity index (χ0) is 32.0. The number of cyclic esters (lactones) is 1. The van der Waals surface area contributed by atoms with Gasteiger partial charge in [-0.1, -0.05) is 30.3 Å². The Labute approximate surface area is 262 Å². The van der Waals surface area contributed by atoms with Crippen molar-refractivity contribution >= 4 is 40.6 Å². The smallest absolute Gasteiger partial charge is 0.342 e. The van der Waals surface area contributed by atoms with Crippen molar-refractivity contribution in [3.8, 4) is 23.6 Å². The Morgan fingerprint density at radius 3 is 2.13 bits per heavy atom. The first-order valence-corrected chi connectivity index (χ1v) is 14.2. The molecule has 222 valence electrons. The number of ether oxygens (including phenoxy) is 3. The first-order valence-electron chi connectivity index (χ1n) is 13.4. The van der Waals surface area contributed by atoms with Gasteiger partial charge in [0.15, 0.2) is 11.5 Å². The van der Waals surface area contributed by atoms with Gasteiger partial charge in [-0.2, -0.15) is 19.3 Å². The molecule has 0 spiro atoms. The van der Waals surface area contributed by atoms with E-state index in [1.54, 1.807) is 84.9 Å². The molecule has 6 rings (SSSR count). The van der Waals surface area contributed by atoms with E-state index < -0.39 is 11.8 Å². The number of rotatable bonds is 7. The number of aliphatic hydroxyl groups is 1. The number of nitrogens with zero attached hydrogens (tertiary/aromatic N) is 4. The maximum Gasteiger partial charge on any atom is 0.342 e. The molecule has 1 N–H and O–H groups in total. The molecular formula is C34H24N4O6S. The molecule has 1 unspecified atom stereocenters. The summed E-state index contributed by atoms with van der Waals surface area (Å²) in [5, 5.41) is 29.4. The topological polar surface area (TPSA) is 155 Å². The number of carbonyl (C=O) groups is 2. The third kappa shape index (κ3) is 6.26. The number of benzene rings is 4. The van der Waals surface area contributed by atoms with Gasteiger partial charge in [0.05, 0.1) is 54.8 Å². The predicted molar refractivity (Wildman–Crippen MR) is 165 cm³/mol. The van der Waals surface area contributed by atoms with Crippen LogP contribution in [0.1, 0.15) is 38.2 Å². The lowest BCUT2D eigenvalue weighted by atomic mass is 9.87. The van der Waals surface area contributed by atoms with Crippen molar-refractivity contribution < 1.29 is 28.9 Å². The number of methoxy groups -OCH3 is 2. The molecule has 11 heteroatoms. The second-order valence-corrected chi connectivity index (χ2v) is 10.3. The molecule has 0 radical (unpaired) electrons. The van der Waals surface area contributed by atoms with Gasteiger partial charge in [-0.15, -0.1) is 0 Å². The van der Waals surface area contributed by atoms with E-state index in [4.69, 9.17) is 24.7 Å². The van der Waals surface area contributed by atoms with Crippen LogP contribution in [0.3, 0.4) is 0 Å². The summed E-state index contributed by atoms with van der Waals surface area (Å²) in [5.74, 6) is -1.85. The number of fused-ring (bicyclic) bond motifs is 1. The molecule has 0 saturated carbocycles. The molecule has 2 heterocycles. The summed E-state index contributed by atoms with van der Waals surface area (Å²) in [5.41, 5.74) is 5.34. The number of hydrogen-bond acceptors (Lipinski definition) is 11. The number of aromatic nitrogens is 2. The van der Waals surface area contributed by atoms with E-state index in [1.807, 2.05) is 6.07 Å². The minimum Gasteiger partial charge on any atom is -0.493 e. The summed E-state index contributed by atoms with van der Waals surface area (Å²) in [6.45, 7) is 0. The summed E-state index contributed by atoms with van der Waals surface area (Å²) in [7, 11) is 3.00. The van der Waals surface area contributed by atoms with Crippen LogP contribution in [0.5, 0.6) is 11.5 Å². The molecule has 5 aromatic rings. The zero-order valence-corrected chi connectivity index (χ0v) is 24.9. The molecule has 1 aliphatic heterocycles. The van der Waals surface area contributed by atoms with Crippen molar-refractivity contribution in [3.05, 3.63) is 124 Å². The SMILES string of the molecule is COc1ccc(C2(O)OC(=O)C(c3ccc4nsnc4c3)=C2Cc2ccc(C#N)cc2)cc1OC.N#Cc1ccc(C=O)cc1. The van der Waals surface area contributed by atoms with E-state index in [2.05, 4.69) is 14.8 Å². The molecule has 0 aliphatic carbocycles. The second-order valence-electron chi connectivity index (χ2n) is 9.76. The molecule has 0 amide bonds. The predicted octanol–water partition coefficient (Wildman–Crippen LogP) is 5.35. The van der Waals surface area contributed by atoms with Crippen molar-refractivity contribution in [1.29, 1.82) is 10.5 Å². The summed E-state index contributed by atoms with van der Waals surface area (Å²) < 4.78 is 24.9. The van der Waals surface area contributed by atoms with Gasteiger partial charge in [0.2, 0.25) is 0 Å². The van der Waals surface area contributed by atoms with E-state index in [0.717, 1.165) is 29.1 Å². The number of nitriles is 2. The first-order chi connectivity index (χ1) is 21.8. The minimum absolute atomic E-state index is 0.199. The van der Waals surface area contributed by atoms with E-state index in [-0.39, 0.29) is 12.0 Å². The van der Waals surface area contributed by atoms with E-state index in [9.17, 15) is 14.7 Å². The fourth-order valence-electron chi connectivity index (χ4n) is 4.79. The molecule has 0 bridgehead atoms. The Morgan fingerprint density at radius 2 is 1.51 bits per heavy atom. The largest absolute Gasteiger partial charge is 0.493 e. The van der Waals surface area contributed by atoms with Gasteiger partial charge >= 0.3 is 5.97 Å². The van der Waals surface area contributed by atoms with Gasteiger partial charge in [-0.3, -0.25) is 4.79 Å². The van der Waals surface area contributed by atoms with Crippen molar-refractivity contribution in [2.45, 2.75) is 12.2 Å². The maximum atomic E-state index is 13.2. The van der Waals surface area contributed by atoms with Gasteiger partial charge < -0.3 is 19.3 Å². The Balaban J connectivity index is 0.000000342. The van der Waals surface area contributed by atoms with Crippen LogP contribution >= 0.6 is 11.7 Å². The van der Waals surface area contributed by atoms with Crippen LogP contribution in [0, 0.1) is 22.7 Å². The van der Waals surface area contributed by atoms with Crippen LogP contribution in [0.2, 0.25) is 0 Å². The Morgan fingerprint density at radius 1 is 0.867 bits per heavy atom. The molecule has 10 nitrogen and oxygen atoms in total. The third-order valence-electron chi connectivity index (χ3n) is 7.11. The van der Waals surface area contributed by atoms with E-state index in [1.165, 1.54) is 14.2 Å². The van der Waals surface area contributed by atoms with Gasteiger partial charge in [0, 0.05) is 23.1 Å². The zero-order valence-electron chi connectivity index (χ0n) is 24.1. The summed E-state index contributed by atoms with van der Waals surface area (Å²) in [6.07, 6.45) is 0.951. The van der Waals surface area contributed by atoms with Crippen LogP contribution < -0.4 is 9.47 Å². The normalized spacial score (nSPS) is 15.4. The molecule has 1 atom stereocenters. The number of carbonyl (C=O) groups excluding carboxylic acids is 2. The summed E-state index contributed by atoms with van der Waals surface area (Å²) in [6, 6.07) is 27.6. The van der Waals surface area contributed by atoms with Crippen molar-refractivity contribution in [2.24, 2.45) is 0 Å². The minimum atomic E-state index is -2.05. The molecule has 1 aliphatic rings. The van der Waals surface area contributed by atoms with Crippen LogP contribution in [-0.4, -0.2) is 40.3 Å². The lowest BCUT2D eigenvalue weighted by Crippen LogP contribution is -2.29. The second kappa shape index (κ2) is 13.2. The number of esters is 1. The maximum absolute atomic E-state index is 13.2. The molecule has 45 heavy (non-hydrogen) atoms. The van der Waals surface area contributed by atoms with Crippen molar-refractivity contribution in [1.82, 2.24) is 8.75 Å². The van der Waals surface area contributed by atoms with Gasteiger partial charge in [0.25, 0.3) is 5.79 Å². The fraction of sp³-hybridized carbons (Fsp3) is 0.118. The standard InChI is InChI=1S/C26H19N3O5S.C8H5NO/c1-32-22-10-8-18(13-23(22)33-2)26(31)19(11-15-3-5-16(14-27)6-4-15)24(25(30)34-26)17-7-9-20-21(12-17)29-35-28-20;9-5-7-1-3-8(6-10)4-2-7/h3-10,12-13,31H,11H2,1-2H3;1-4,6H. The first kappa shape index (κ1) is 30.6. The number of hydrogen-bond donors (Lipinski definition) is 1. The highest BCUT2D eigenvalue weighted by molar-refractivity contribution is 7.00. The highest BCUT2D eigenvalue weighted by Gasteiger charge is 2.48. The van der Waals surface area contributed by atoms with Crippen molar-refractivity contribution in [3.63, 3.8) is 0 Å². The summed E-state index contributed by atoms with van der Waals surface area (Å²) >= 11 is 1.08. The van der Waals surface area contributed by atoms with Gasteiger partial charge in [-0.05, 0) is 65.7 Å². The Bertz CT molecular complexity index is 2010. The monoisotopic (exact) mass is 616 g/mol. The molecule has 0 fully saturated rings. The van der Waals surface area contributed by atoms with Gasteiger partial charge in [0.1, 0.15) is 17.3 Å². The van der Waals surface area contributed by atoms with E-state index in [0.29, 0.717) is 50.4 Å². The van der Waals surface area contributed by atoms with Crippen LogP contribution in [0.15, 0.2) is 90.5 Å².